The van der Waals surface area contributed by atoms with Crippen LogP contribution < -0.4 is 0 Å². The van der Waals surface area contributed by atoms with E-state index in [1.165, 1.54) is 12.8 Å². The van der Waals surface area contributed by atoms with Gasteiger partial charge in [-0.3, -0.25) is 0 Å². The zero-order chi connectivity index (χ0) is 11.8. The van der Waals surface area contributed by atoms with Gasteiger partial charge in [-0.15, -0.1) is 0 Å². The van der Waals surface area contributed by atoms with Crippen molar-refractivity contribution >= 4 is 0 Å². The monoisotopic (exact) mass is 230 g/mol. The van der Waals surface area contributed by atoms with E-state index in [-0.39, 0.29) is 0 Å². The van der Waals surface area contributed by atoms with Crippen LogP contribution in [0.15, 0.2) is 0 Å². The zero-order valence-corrected chi connectivity index (χ0v) is 10.3. The van der Waals surface area contributed by atoms with Crippen molar-refractivity contribution in [2.45, 2.75) is 38.1 Å². The van der Waals surface area contributed by atoms with Crippen LogP contribution in [0, 0.1) is 11.3 Å². The summed E-state index contributed by atoms with van der Waals surface area (Å²) in [5.74, 6) is 1.60. The highest BCUT2D eigenvalue weighted by Gasteiger charge is 2.29. The van der Waals surface area contributed by atoms with Crippen molar-refractivity contribution in [3.63, 3.8) is 0 Å². The minimum atomic E-state index is 0.466. The summed E-state index contributed by atoms with van der Waals surface area (Å²) in [6.45, 7) is 3.15. The molecule has 4 heteroatoms. The molecule has 1 aromatic rings. The van der Waals surface area contributed by atoms with Gasteiger partial charge < -0.3 is 9.47 Å². The Bertz CT molecular complexity index is 468. The number of fused-ring (bicyclic) bond motifs is 1. The Kier molecular flexibility index (Phi) is 2.64. The van der Waals surface area contributed by atoms with E-state index >= 15 is 0 Å². The molecule has 0 aromatic carbocycles. The lowest BCUT2D eigenvalue weighted by Gasteiger charge is -2.13. The molecule has 0 bridgehead atoms. The van der Waals surface area contributed by atoms with Gasteiger partial charge in [0, 0.05) is 25.4 Å². The van der Waals surface area contributed by atoms with E-state index in [2.05, 4.69) is 22.6 Å². The van der Waals surface area contributed by atoms with Crippen LogP contribution in [0.3, 0.4) is 0 Å². The molecule has 1 atom stereocenters. The Labute approximate surface area is 102 Å². The molecule has 0 spiro atoms. The van der Waals surface area contributed by atoms with Crippen molar-refractivity contribution in [3.8, 4) is 6.07 Å². The number of imidazole rings is 1. The van der Waals surface area contributed by atoms with E-state index in [0.29, 0.717) is 5.92 Å². The maximum atomic E-state index is 9.37. The average molecular weight is 230 g/mol. The molecular weight excluding hydrogens is 212 g/mol. The Morgan fingerprint density at radius 1 is 1.35 bits per heavy atom. The summed E-state index contributed by atoms with van der Waals surface area (Å²) in [7, 11) is 2.14. The minimum Gasteiger partial charge on any atom is -0.320 e. The van der Waals surface area contributed by atoms with Gasteiger partial charge in [0.2, 0.25) is 0 Å². The molecule has 1 aromatic heterocycles. The van der Waals surface area contributed by atoms with E-state index in [1.807, 2.05) is 0 Å². The first kappa shape index (κ1) is 10.8. The molecule has 4 nitrogen and oxygen atoms in total. The molecule has 2 aliphatic rings. The number of aromatic nitrogens is 2. The third-order valence-corrected chi connectivity index (χ3v) is 3.99. The molecule has 3 heterocycles. The van der Waals surface area contributed by atoms with Gasteiger partial charge in [-0.2, -0.15) is 5.26 Å². The minimum absolute atomic E-state index is 0.466. The predicted octanol–water partition coefficient (Wildman–Crippen LogP) is 1.51. The van der Waals surface area contributed by atoms with Gasteiger partial charge in [0.05, 0.1) is 5.69 Å². The fourth-order valence-corrected chi connectivity index (χ4v) is 3.06. The third kappa shape index (κ3) is 1.75. The van der Waals surface area contributed by atoms with Crippen molar-refractivity contribution < 1.29 is 0 Å². The maximum Gasteiger partial charge on any atom is 0.143 e. The molecule has 0 radical (unpaired) electrons. The van der Waals surface area contributed by atoms with Crippen LogP contribution >= 0.6 is 0 Å². The summed E-state index contributed by atoms with van der Waals surface area (Å²) < 4.78 is 2.15. The Balaban J connectivity index is 1.99. The molecule has 0 aliphatic carbocycles. The highest BCUT2D eigenvalue weighted by atomic mass is 15.1. The van der Waals surface area contributed by atoms with Crippen LogP contribution in [0.1, 0.15) is 42.4 Å². The van der Waals surface area contributed by atoms with E-state index in [4.69, 9.17) is 4.98 Å². The second-order valence-corrected chi connectivity index (χ2v) is 5.23. The lowest BCUT2D eigenvalue weighted by Crippen LogP contribution is -2.14. The van der Waals surface area contributed by atoms with Crippen molar-refractivity contribution in [1.82, 2.24) is 14.5 Å². The van der Waals surface area contributed by atoms with Gasteiger partial charge in [0.15, 0.2) is 0 Å². The second-order valence-electron chi connectivity index (χ2n) is 5.23. The van der Waals surface area contributed by atoms with Crippen LogP contribution in [0.4, 0.5) is 0 Å². The summed E-state index contributed by atoms with van der Waals surface area (Å²) >= 11 is 0. The van der Waals surface area contributed by atoms with Crippen molar-refractivity contribution in [2.24, 2.45) is 0 Å². The first-order chi connectivity index (χ1) is 8.29. The third-order valence-electron chi connectivity index (χ3n) is 3.99. The van der Waals surface area contributed by atoms with Gasteiger partial charge in [0.1, 0.15) is 17.6 Å². The summed E-state index contributed by atoms with van der Waals surface area (Å²) in [6, 6.07) is 2.38. The van der Waals surface area contributed by atoms with Crippen LogP contribution in [0.2, 0.25) is 0 Å². The molecule has 1 saturated heterocycles. The molecule has 90 valence electrons. The molecule has 2 aliphatic heterocycles. The number of likely N-dealkylation sites (tertiary alicyclic amines) is 1. The Hall–Kier alpha value is -1.34. The zero-order valence-electron chi connectivity index (χ0n) is 10.3. The Morgan fingerprint density at radius 2 is 2.24 bits per heavy atom. The molecule has 1 unspecified atom stereocenters. The lowest BCUT2D eigenvalue weighted by atomic mass is 10.0. The van der Waals surface area contributed by atoms with Gasteiger partial charge in [0.25, 0.3) is 0 Å². The van der Waals surface area contributed by atoms with Gasteiger partial charge in [-0.1, -0.05) is 0 Å². The molecule has 17 heavy (non-hydrogen) atoms. The van der Waals surface area contributed by atoms with Gasteiger partial charge in [-0.05, 0) is 32.9 Å². The number of likely N-dealkylation sites (N-methyl/N-ethyl adjacent to an activating group) is 1. The lowest BCUT2D eigenvalue weighted by molar-refractivity contribution is 0.410. The fraction of sp³-hybridized carbons (Fsp3) is 0.692. The van der Waals surface area contributed by atoms with Crippen LogP contribution in [-0.2, 0) is 13.0 Å². The smallest absolute Gasteiger partial charge is 0.143 e. The van der Waals surface area contributed by atoms with E-state index in [9.17, 15) is 5.26 Å². The predicted molar refractivity (Wildman–Crippen MR) is 64.7 cm³/mol. The van der Waals surface area contributed by atoms with Crippen LogP contribution in [-0.4, -0.2) is 34.6 Å². The highest BCUT2D eigenvalue weighted by Crippen LogP contribution is 2.30. The summed E-state index contributed by atoms with van der Waals surface area (Å²) in [5.41, 5.74) is 1.90. The van der Waals surface area contributed by atoms with Gasteiger partial charge >= 0.3 is 0 Å². The SMILES string of the molecule is CN1CCC(c2nc3n(c2C#N)CCCC3)C1. The number of rotatable bonds is 1. The molecular formula is C13H18N4. The molecule has 1 fully saturated rings. The molecule has 0 amide bonds. The second kappa shape index (κ2) is 4.15. The number of hydrogen-bond donors (Lipinski definition) is 0. The summed E-state index contributed by atoms with van der Waals surface area (Å²) in [4.78, 5) is 7.08. The fourth-order valence-electron chi connectivity index (χ4n) is 3.06. The molecule has 3 rings (SSSR count). The van der Waals surface area contributed by atoms with Crippen molar-refractivity contribution in [2.75, 3.05) is 20.1 Å². The highest BCUT2D eigenvalue weighted by molar-refractivity contribution is 5.33. The van der Waals surface area contributed by atoms with Crippen LogP contribution in [0.25, 0.3) is 0 Å². The van der Waals surface area contributed by atoms with Crippen LogP contribution in [0.5, 0.6) is 0 Å². The average Bonchev–Trinajstić information content (AvgIpc) is 2.91. The Morgan fingerprint density at radius 3 is 2.94 bits per heavy atom. The normalized spacial score (nSPS) is 24.6. The van der Waals surface area contributed by atoms with E-state index in [0.717, 1.165) is 49.7 Å². The number of nitriles is 1. The largest absolute Gasteiger partial charge is 0.320 e. The first-order valence-electron chi connectivity index (χ1n) is 6.47. The van der Waals surface area contributed by atoms with E-state index < -0.39 is 0 Å². The number of hydrogen-bond acceptors (Lipinski definition) is 3. The molecule has 0 saturated carbocycles. The first-order valence-corrected chi connectivity index (χ1v) is 6.47. The summed E-state index contributed by atoms with van der Waals surface area (Å²) in [6.07, 6.45) is 4.58. The quantitative estimate of drug-likeness (QED) is 0.734. The molecule has 0 N–H and O–H groups in total. The summed E-state index contributed by atoms with van der Waals surface area (Å²) in [5, 5.41) is 9.37. The van der Waals surface area contributed by atoms with Crippen molar-refractivity contribution in [1.29, 1.82) is 5.26 Å². The van der Waals surface area contributed by atoms with Crippen molar-refractivity contribution in [3.05, 3.63) is 17.2 Å². The number of nitrogens with zero attached hydrogens (tertiary/aromatic N) is 4. The van der Waals surface area contributed by atoms with E-state index in [1.54, 1.807) is 0 Å². The topological polar surface area (TPSA) is 44.9 Å². The number of aryl methyl sites for hydroxylation is 1. The maximum absolute atomic E-state index is 9.37. The van der Waals surface area contributed by atoms with Gasteiger partial charge in [-0.25, -0.2) is 4.98 Å². The standard InChI is InChI=1S/C13H18N4/c1-16-7-5-10(9-16)13-11(8-14)17-6-3-2-4-12(17)15-13/h10H,2-7,9H2,1H3.